The van der Waals surface area contributed by atoms with Crippen LogP contribution in [0.25, 0.3) is 10.9 Å². The van der Waals surface area contributed by atoms with Gasteiger partial charge in [-0.1, -0.05) is 24.3 Å². The summed E-state index contributed by atoms with van der Waals surface area (Å²) in [6.45, 7) is 6.52. The molecule has 1 fully saturated rings. The number of rotatable bonds is 9. The predicted molar refractivity (Wildman–Crippen MR) is 156 cm³/mol. The van der Waals surface area contributed by atoms with Gasteiger partial charge in [-0.25, -0.2) is 28.3 Å². The van der Waals surface area contributed by atoms with Gasteiger partial charge in [0.25, 0.3) is 0 Å². The van der Waals surface area contributed by atoms with Gasteiger partial charge in [0.2, 0.25) is 16.0 Å². The van der Waals surface area contributed by atoms with Crippen molar-refractivity contribution in [3.8, 4) is 0 Å². The molecule has 0 saturated heterocycles. The van der Waals surface area contributed by atoms with Crippen molar-refractivity contribution in [2.24, 2.45) is 11.8 Å². The molecular weight excluding hydrogens is 584 g/mol. The molecule has 0 atom stereocenters. The molecule has 1 aliphatic carbocycles. The number of ether oxygens (including phenoxy) is 1. The molecule has 0 bridgehead atoms. The first-order valence-electron chi connectivity index (χ1n) is 13.0. The van der Waals surface area contributed by atoms with Crippen LogP contribution in [0.1, 0.15) is 46.5 Å². The summed E-state index contributed by atoms with van der Waals surface area (Å²) >= 11 is 3.32. The minimum absolute atomic E-state index is 0.258. The van der Waals surface area contributed by atoms with Gasteiger partial charge < -0.3 is 10.1 Å². The van der Waals surface area contributed by atoms with Crippen LogP contribution in [0.5, 0.6) is 0 Å². The van der Waals surface area contributed by atoms with Crippen molar-refractivity contribution in [1.82, 2.24) is 20.1 Å². The molecule has 1 aliphatic rings. The summed E-state index contributed by atoms with van der Waals surface area (Å²) in [4.78, 5) is 21.6. The molecule has 12 heteroatoms. The van der Waals surface area contributed by atoms with Crippen LogP contribution in [0, 0.1) is 11.8 Å². The predicted octanol–water partition coefficient (Wildman–Crippen LogP) is 5.44. The SMILES string of the molecule is CC(C)(C)OC(=O)NNc1nc(NCC2CCC(CNS(=O)(=O)c3ccccc3Br)CC2)nc2ccccc12. The topological polar surface area (TPSA) is 134 Å². The van der Waals surface area contributed by atoms with E-state index >= 15 is 0 Å². The van der Waals surface area contributed by atoms with Gasteiger partial charge in [-0.15, -0.1) is 0 Å². The molecule has 3 aromatic rings. The fraction of sp³-hybridized carbons (Fsp3) is 0.444. The summed E-state index contributed by atoms with van der Waals surface area (Å²) in [6, 6.07) is 14.4. The third-order valence-corrected chi connectivity index (χ3v) is 8.92. The highest BCUT2D eigenvalue weighted by atomic mass is 79.9. The van der Waals surface area contributed by atoms with Crippen LogP contribution in [-0.4, -0.2) is 43.2 Å². The quantitative estimate of drug-likeness (QED) is 0.233. The number of nitrogens with zero attached hydrogens (tertiary/aromatic N) is 2. The van der Waals surface area contributed by atoms with Gasteiger partial charge in [-0.05, 0) is 98.5 Å². The van der Waals surface area contributed by atoms with Crippen LogP contribution in [0.15, 0.2) is 57.9 Å². The van der Waals surface area contributed by atoms with E-state index in [2.05, 4.69) is 46.8 Å². The second-order valence-corrected chi connectivity index (χ2v) is 13.3. The second kappa shape index (κ2) is 12.5. The molecule has 1 heterocycles. The molecule has 210 valence electrons. The highest BCUT2D eigenvalue weighted by Crippen LogP contribution is 2.30. The molecule has 0 radical (unpaired) electrons. The Kier molecular flexibility index (Phi) is 9.29. The molecule has 4 rings (SSSR count). The number of hydrogen-bond donors (Lipinski definition) is 4. The minimum Gasteiger partial charge on any atom is -0.443 e. The number of carbonyl (C=O) groups is 1. The zero-order valence-electron chi connectivity index (χ0n) is 22.3. The lowest BCUT2D eigenvalue weighted by Gasteiger charge is -2.28. The van der Waals surface area contributed by atoms with Crippen LogP contribution in [0.3, 0.4) is 0 Å². The number of amides is 1. The van der Waals surface area contributed by atoms with Crippen molar-refractivity contribution < 1.29 is 17.9 Å². The summed E-state index contributed by atoms with van der Waals surface area (Å²) in [6.07, 6.45) is 3.24. The Hall–Kier alpha value is -2.96. The number of anilines is 2. The van der Waals surface area contributed by atoms with E-state index in [9.17, 15) is 13.2 Å². The van der Waals surface area contributed by atoms with E-state index in [1.54, 1.807) is 45.0 Å². The third kappa shape index (κ3) is 8.26. The zero-order chi connectivity index (χ0) is 28.0. The molecule has 1 aromatic heterocycles. The van der Waals surface area contributed by atoms with Crippen LogP contribution in [0.2, 0.25) is 0 Å². The first kappa shape index (κ1) is 29.0. The Morgan fingerprint density at radius 2 is 1.62 bits per heavy atom. The molecule has 0 unspecified atom stereocenters. The summed E-state index contributed by atoms with van der Waals surface area (Å²) in [5, 5.41) is 4.12. The molecule has 4 N–H and O–H groups in total. The van der Waals surface area contributed by atoms with E-state index in [4.69, 9.17) is 4.74 Å². The van der Waals surface area contributed by atoms with E-state index in [0.717, 1.165) is 36.6 Å². The van der Waals surface area contributed by atoms with Crippen molar-refractivity contribution in [3.63, 3.8) is 0 Å². The molecule has 1 saturated carbocycles. The van der Waals surface area contributed by atoms with Gasteiger partial charge in [-0.3, -0.25) is 5.43 Å². The Morgan fingerprint density at radius 1 is 0.974 bits per heavy atom. The average Bonchev–Trinajstić information content (AvgIpc) is 2.89. The number of para-hydroxylation sites is 1. The van der Waals surface area contributed by atoms with Crippen molar-refractivity contribution in [2.45, 2.75) is 57.0 Å². The average molecular weight is 620 g/mol. The van der Waals surface area contributed by atoms with Gasteiger partial charge in [-0.2, -0.15) is 4.98 Å². The van der Waals surface area contributed by atoms with Crippen molar-refractivity contribution >= 4 is 54.7 Å². The number of sulfonamides is 1. The molecule has 10 nitrogen and oxygen atoms in total. The Bertz CT molecular complexity index is 1400. The lowest BCUT2D eigenvalue weighted by atomic mass is 9.82. The number of aromatic nitrogens is 2. The van der Waals surface area contributed by atoms with E-state index in [1.165, 1.54) is 0 Å². The van der Waals surface area contributed by atoms with Gasteiger partial charge in [0, 0.05) is 22.9 Å². The summed E-state index contributed by atoms with van der Waals surface area (Å²) in [7, 11) is -3.56. The second-order valence-electron chi connectivity index (χ2n) is 10.7. The van der Waals surface area contributed by atoms with Gasteiger partial charge in [0.15, 0.2) is 5.82 Å². The van der Waals surface area contributed by atoms with E-state index in [-0.39, 0.29) is 4.90 Å². The molecular formula is C27H35BrN6O4S. The largest absolute Gasteiger partial charge is 0.443 e. The highest BCUT2D eigenvalue weighted by Gasteiger charge is 2.24. The van der Waals surface area contributed by atoms with Gasteiger partial charge >= 0.3 is 6.09 Å². The Labute approximate surface area is 237 Å². The van der Waals surface area contributed by atoms with Crippen LogP contribution >= 0.6 is 15.9 Å². The number of carbonyl (C=O) groups excluding carboxylic acids is 1. The van der Waals surface area contributed by atoms with Crippen LogP contribution in [-0.2, 0) is 14.8 Å². The number of hydrogen-bond acceptors (Lipinski definition) is 8. The minimum atomic E-state index is -3.56. The van der Waals surface area contributed by atoms with E-state index in [0.29, 0.717) is 41.2 Å². The van der Waals surface area contributed by atoms with E-state index in [1.807, 2.05) is 24.3 Å². The van der Waals surface area contributed by atoms with E-state index < -0.39 is 21.7 Å². The maximum Gasteiger partial charge on any atom is 0.426 e. The van der Waals surface area contributed by atoms with Crippen molar-refractivity contribution in [3.05, 3.63) is 53.0 Å². The third-order valence-electron chi connectivity index (χ3n) is 6.49. The smallest absolute Gasteiger partial charge is 0.426 e. The Balaban J connectivity index is 1.30. The standard InChI is InChI=1S/C27H35BrN6O4S/c1-27(2,3)38-26(35)34-33-24-20-8-4-6-10-22(20)31-25(32-24)29-16-18-12-14-19(15-13-18)17-30-39(36,37)23-11-7-5-9-21(23)28/h4-11,18-19,30H,12-17H2,1-3H3,(H,34,35)(H2,29,31,32,33). The maximum atomic E-state index is 12.7. The molecule has 1 amide bonds. The number of halogens is 1. The highest BCUT2D eigenvalue weighted by molar-refractivity contribution is 9.10. The fourth-order valence-corrected chi connectivity index (χ4v) is 6.63. The fourth-order valence-electron chi connectivity index (χ4n) is 4.51. The molecule has 39 heavy (non-hydrogen) atoms. The molecule has 0 aliphatic heterocycles. The maximum absolute atomic E-state index is 12.7. The number of benzene rings is 2. The Morgan fingerprint density at radius 3 is 2.31 bits per heavy atom. The molecule has 2 aromatic carbocycles. The first-order valence-corrected chi connectivity index (χ1v) is 15.3. The van der Waals surface area contributed by atoms with Crippen molar-refractivity contribution in [2.75, 3.05) is 23.8 Å². The zero-order valence-corrected chi connectivity index (χ0v) is 24.7. The van der Waals surface area contributed by atoms with Gasteiger partial charge in [0.05, 0.1) is 10.4 Å². The lowest BCUT2D eigenvalue weighted by Crippen LogP contribution is -2.36. The summed E-state index contributed by atoms with van der Waals surface area (Å²) < 4.78 is 34.0. The number of nitrogens with one attached hydrogen (secondary N) is 4. The van der Waals surface area contributed by atoms with Gasteiger partial charge in [0.1, 0.15) is 5.60 Å². The normalized spacial score (nSPS) is 17.9. The monoisotopic (exact) mass is 618 g/mol. The van der Waals surface area contributed by atoms with Crippen LogP contribution in [0.4, 0.5) is 16.6 Å². The van der Waals surface area contributed by atoms with Crippen molar-refractivity contribution in [1.29, 1.82) is 0 Å². The summed E-state index contributed by atoms with van der Waals surface area (Å²) in [5.74, 6) is 1.65. The van der Waals surface area contributed by atoms with Crippen LogP contribution < -0.4 is 20.9 Å². The number of fused-ring (bicyclic) bond motifs is 1. The molecule has 0 spiro atoms. The summed E-state index contributed by atoms with van der Waals surface area (Å²) in [5.41, 5.74) is 5.53. The lowest BCUT2D eigenvalue weighted by molar-refractivity contribution is 0.0541. The first-order chi connectivity index (χ1) is 18.5. The number of hydrazine groups is 1.